The third-order valence-electron chi connectivity index (χ3n) is 3.92. The highest BCUT2D eigenvalue weighted by Crippen LogP contribution is 2.26. The molecule has 0 aliphatic carbocycles. The molecule has 0 radical (unpaired) electrons. The van der Waals surface area contributed by atoms with E-state index >= 15 is 0 Å². The summed E-state index contributed by atoms with van der Waals surface area (Å²) >= 11 is 0. The topological polar surface area (TPSA) is 47.3 Å². The van der Waals surface area contributed by atoms with Crippen molar-refractivity contribution in [3.63, 3.8) is 0 Å². The van der Waals surface area contributed by atoms with E-state index < -0.39 is 0 Å². The van der Waals surface area contributed by atoms with Crippen LogP contribution in [0.15, 0.2) is 24.3 Å². The van der Waals surface area contributed by atoms with Gasteiger partial charge in [-0.1, -0.05) is 26.0 Å². The van der Waals surface area contributed by atoms with Crippen LogP contribution < -0.4 is 11.1 Å². The maximum atomic E-state index is 13.3. The molecule has 1 aliphatic heterocycles. The lowest BCUT2D eigenvalue weighted by Gasteiger charge is -2.41. The summed E-state index contributed by atoms with van der Waals surface area (Å²) in [7, 11) is 0. The third kappa shape index (κ3) is 3.32. The first kappa shape index (κ1) is 14.4. The van der Waals surface area contributed by atoms with Crippen LogP contribution in [0.25, 0.3) is 0 Å². The van der Waals surface area contributed by atoms with Crippen molar-refractivity contribution in [3.8, 4) is 0 Å². The number of ether oxygens (including phenoxy) is 1. The maximum absolute atomic E-state index is 13.3. The van der Waals surface area contributed by atoms with E-state index in [9.17, 15) is 4.39 Å². The molecule has 0 bridgehead atoms. The number of halogens is 1. The number of hydrogen-bond donors (Lipinski definition) is 2. The molecular weight excluding hydrogens is 243 g/mol. The average Bonchev–Trinajstić information content (AvgIpc) is 2.32. The zero-order valence-corrected chi connectivity index (χ0v) is 11.7. The van der Waals surface area contributed by atoms with E-state index in [1.165, 1.54) is 6.07 Å². The lowest BCUT2D eigenvalue weighted by atomic mass is 9.83. The van der Waals surface area contributed by atoms with E-state index in [0.717, 1.165) is 31.9 Å². The van der Waals surface area contributed by atoms with Gasteiger partial charge in [-0.2, -0.15) is 0 Å². The minimum Gasteiger partial charge on any atom is -0.380 e. The van der Waals surface area contributed by atoms with Gasteiger partial charge in [0.1, 0.15) is 5.82 Å². The van der Waals surface area contributed by atoms with E-state index in [2.05, 4.69) is 19.2 Å². The number of rotatable bonds is 6. The SMILES string of the molecule is CC(C)(CNCC1(CN)COC1)c1cccc(F)c1. The van der Waals surface area contributed by atoms with Gasteiger partial charge in [0.15, 0.2) is 0 Å². The van der Waals surface area contributed by atoms with Crippen LogP contribution in [0.5, 0.6) is 0 Å². The molecule has 0 unspecified atom stereocenters. The molecule has 3 nitrogen and oxygen atoms in total. The number of benzene rings is 1. The average molecular weight is 266 g/mol. The van der Waals surface area contributed by atoms with Crippen molar-refractivity contribution in [1.29, 1.82) is 0 Å². The second-order valence-electron chi connectivity index (χ2n) is 6.19. The molecule has 3 N–H and O–H groups in total. The fourth-order valence-electron chi connectivity index (χ4n) is 2.33. The highest BCUT2D eigenvalue weighted by atomic mass is 19.1. The molecule has 1 aromatic rings. The lowest BCUT2D eigenvalue weighted by molar-refractivity contribution is -0.105. The van der Waals surface area contributed by atoms with Gasteiger partial charge in [0, 0.05) is 30.5 Å². The summed E-state index contributed by atoms with van der Waals surface area (Å²) < 4.78 is 18.5. The Balaban J connectivity index is 1.90. The van der Waals surface area contributed by atoms with Crippen LogP contribution in [0.3, 0.4) is 0 Å². The molecule has 106 valence electrons. The normalized spacial score (nSPS) is 18.1. The van der Waals surface area contributed by atoms with Gasteiger partial charge in [-0.25, -0.2) is 4.39 Å². The summed E-state index contributed by atoms with van der Waals surface area (Å²) in [5.41, 5.74) is 6.77. The van der Waals surface area contributed by atoms with Crippen molar-refractivity contribution in [2.24, 2.45) is 11.1 Å². The monoisotopic (exact) mass is 266 g/mol. The summed E-state index contributed by atoms with van der Waals surface area (Å²) in [6.45, 7) is 7.97. The Bertz CT molecular complexity index is 424. The molecule has 0 atom stereocenters. The second-order valence-corrected chi connectivity index (χ2v) is 6.19. The van der Waals surface area contributed by atoms with E-state index in [4.69, 9.17) is 10.5 Å². The van der Waals surface area contributed by atoms with Crippen LogP contribution >= 0.6 is 0 Å². The van der Waals surface area contributed by atoms with Gasteiger partial charge in [0.2, 0.25) is 0 Å². The fraction of sp³-hybridized carbons (Fsp3) is 0.600. The Morgan fingerprint density at radius 3 is 2.68 bits per heavy atom. The van der Waals surface area contributed by atoms with Gasteiger partial charge >= 0.3 is 0 Å². The van der Waals surface area contributed by atoms with Gasteiger partial charge in [-0.3, -0.25) is 0 Å². The summed E-state index contributed by atoms with van der Waals surface area (Å²) in [6.07, 6.45) is 0. The van der Waals surface area contributed by atoms with Crippen LogP contribution in [-0.4, -0.2) is 32.8 Å². The number of hydrogen-bond acceptors (Lipinski definition) is 3. The summed E-state index contributed by atoms with van der Waals surface area (Å²) in [4.78, 5) is 0. The maximum Gasteiger partial charge on any atom is 0.123 e. The number of nitrogens with two attached hydrogens (primary N) is 1. The highest BCUT2D eigenvalue weighted by molar-refractivity contribution is 5.24. The Labute approximate surface area is 114 Å². The molecule has 1 aliphatic rings. The van der Waals surface area contributed by atoms with Crippen molar-refractivity contribution < 1.29 is 9.13 Å². The van der Waals surface area contributed by atoms with Gasteiger partial charge in [0.05, 0.1) is 13.2 Å². The van der Waals surface area contributed by atoms with Gasteiger partial charge < -0.3 is 15.8 Å². The quantitative estimate of drug-likeness (QED) is 0.823. The predicted octanol–water partition coefficient (Wildman–Crippen LogP) is 1.67. The smallest absolute Gasteiger partial charge is 0.123 e. The van der Waals surface area contributed by atoms with Crippen LogP contribution in [-0.2, 0) is 10.2 Å². The molecule has 19 heavy (non-hydrogen) atoms. The Morgan fingerprint density at radius 1 is 1.42 bits per heavy atom. The minimum atomic E-state index is -0.184. The molecule has 4 heteroatoms. The van der Waals surface area contributed by atoms with Crippen LogP contribution in [0.2, 0.25) is 0 Å². The van der Waals surface area contributed by atoms with Crippen molar-refractivity contribution in [2.45, 2.75) is 19.3 Å². The van der Waals surface area contributed by atoms with Crippen LogP contribution in [0, 0.1) is 11.2 Å². The largest absolute Gasteiger partial charge is 0.380 e. The summed E-state index contributed by atoms with van der Waals surface area (Å²) in [6, 6.07) is 6.80. The zero-order chi connectivity index (χ0) is 13.9. The Hall–Kier alpha value is -0.970. The molecule has 1 saturated heterocycles. The van der Waals surface area contributed by atoms with Crippen LogP contribution in [0.4, 0.5) is 4.39 Å². The van der Waals surface area contributed by atoms with Crippen molar-refractivity contribution in [1.82, 2.24) is 5.32 Å². The fourth-order valence-corrected chi connectivity index (χ4v) is 2.33. The lowest BCUT2D eigenvalue weighted by Crippen LogP contribution is -2.55. The third-order valence-corrected chi connectivity index (χ3v) is 3.92. The zero-order valence-electron chi connectivity index (χ0n) is 11.7. The first-order valence-electron chi connectivity index (χ1n) is 6.72. The van der Waals surface area contributed by atoms with E-state index in [0.29, 0.717) is 6.54 Å². The van der Waals surface area contributed by atoms with Gasteiger partial charge in [-0.05, 0) is 17.7 Å². The first-order valence-corrected chi connectivity index (χ1v) is 6.72. The molecule has 0 saturated carbocycles. The highest BCUT2D eigenvalue weighted by Gasteiger charge is 2.37. The Kier molecular flexibility index (Phi) is 4.23. The van der Waals surface area contributed by atoms with E-state index in [1.54, 1.807) is 12.1 Å². The van der Waals surface area contributed by atoms with E-state index in [-0.39, 0.29) is 16.6 Å². The second kappa shape index (κ2) is 5.57. The van der Waals surface area contributed by atoms with Crippen molar-refractivity contribution >= 4 is 0 Å². The molecule has 1 fully saturated rings. The standard InChI is InChI=1S/C15H23FN2O/c1-14(2,12-4-3-5-13(16)6-12)8-18-9-15(7-17)10-19-11-15/h3-6,18H,7-11,17H2,1-2H3. The Morgan fingerprint density at radius 2 is 2.16 bits per heavy atom. The molecule has 2 rings (SSSR count). The molecule has 1 aromatic carbocycles. The summed E-state index contributed by atoms with van der Waals surface area (Å²) in [5, 5.41) is 3.45. The van der Waals surface area contributed by atoms with E-state index in [1.807, 2.05) is 6.07 Å². The molecule has 1 heterocycles. The molecule has 0 spiro atoms. The van der Waals surface area contributed by atoms with Crippen molar-refractivity contribution in [3.05, 3.63) is 35.6 Å². The van der Waals surface area contributed by atoms with Gasteiger partial charge in [0.25, 0.3) is 0 Å². The molecule has 0 amide bonds. The molecular formula is C15H23FN2O. The minimum absolute atomic E-state index is 0.0953. The van der Waals surface area contributed by atoms with Crippen LogP contribution in [0.1, 0.15) is 19.4 Å². The van der Waals surface area contributed by atoms with Crippen molar-refractivity contribution in [2.75, 3.05) is 32.8 Å². The van der Waals surface area contributed by atoms with Gasteiger partial charge in [-0.15, -0.1) is 0 Å². The number of nitrogens with one attached hydrogen (secondary N) is 1. The first-order chi connectivity index (χ1) is 8.97. The predicted molar refractivity (Wildman–Crippen MR) is 74.6 cm³/mol. The molecule has 0 aromatic heterocycles. The summed E-state index contributed by atoms with van der Waals surface area (Å²) in [5.74, 6) is -0.184.